The zero-order valence-corrected chi connectivity index (χ0v) is 4.73. The molecule has 1 aliphatic rings. The second kappa shape index (κ2) is 1.55. The van der Waals surface area contributed by atoms with Gasteiger partial charge in [-0.25, -0.2) is 5.01 Å². The molecule has 0 N–H and O–H groups in total. The number of pyridine rings is 1. The summed E-state index contributed by atoms with van der Waals surface area (Å²) in [6, 6.07) is 3.84. The van der Waals surface area contributed by atoms with Gasteiger partial charge < -0.3 is 0 Å². The molecule has 0 amide bonds. The Morgan fingerprint density at radius 1 is 1.44 bits per heavy atom. The topological polar surface area (TPSA) is 28.3 Å². The van der Waals surface area contributed by atoms with Crippen molar-refractivity contribution >= 4 is 12.0 Å². The lowest BCUT2D eigenvalue weighted by Crippen LogP contribution is -1.91. The summed E-state index contributed by atoms with van der Waals surface area (Å²) in [6.07, 6.45) is 5.26. The van der Waals surface area contributed by atoms with E-state index in [0.717, 1.165) is 5.69 Å². The Balaban J connectivity index is 2.30. The number of rotatable bonds is 1. The smallest absolute Gasteiger partial charge is 0.138 e. The fraction of sp³-hybridized carbons (Fsp3) is 0. The van der Waals surface area contributed by atoms with Gasteiger partial charge in [-0.1, -0.05) is 0 Å². The lowest BCUT2D eigenvalue weighted by Gasteiger charge is -1.94. The lowest BCUT2D eigenvalue weighted by molar-refractivity contribution is 1.25. The third kappa shape index (κ3) is 0.762. The van der Waals surface area contributed by atoms with Gasteiger partial charge in [-0.2, -0.15) is 5.10 Å². The Kier molecular flexibility index (Phi) is 0.773. The van der Waals surface area contributed by atoms with Crippen molar-refractivity contribution in [3.8, 4) is 0 Å². The molecule has 0 fully saturated rings. The number of nitrogens with zero attached hydrogens (tertiary/aromatic N) is 3. The van der Waals surface area contributed by atoms with Crippen LogP contribution in [0.2, 0.25) is 0 Å². The average molecular weight is 119 g/mol. The van der Waals surface area contributed by atoms with Crippen molar-refractivity contribution < 1.29 is 0 Å². The number of hydrazone groups is 1. The molecule has 0 bridgehead atoms. The van der Waals surface area contributed by atoms with E-state index in [2.05, 4.69) is 10.1 Å². The Morgan fingerprint density at radius 3 is 2.89 bits per heavy atom. The SMILES string of the molecule is C1=NN1c1cccnc1. The molecule has 1 aromatic heterocycles. The highest BCUT2D eigenvalue weighted by atomic mass is 15.6. The molecule has 0 spiro atoms. The molecule has 0 saturated heterocycles. The van der Waals surface area contributed by atoms with Gasteiger partial charge in [-0.15, -0.1) is 0 Å². The third-order valence-electron chi connectivity index (χ3n) is 1.14. The molecule has 3 nitrogen and oxygen atoms in total. The van der Waals surface area contributed by atoms with Crippen LogP contribution in [0.15, 0.2) is 29.6 Å². The summed E-state index contributed by atoms with van der Waals surface area (Å²) in [5.74, 6) is 0. The molecule has 44 valence electrons. The maximum atomic E-state index is 3.92. The van der Waals surface area contributed by atoms with Crippen molar-refractivity contribution in [2.24, 2.45) is 5.10 Å². The summed E-state index contributed by atoms with van der Waals surface area (Å²) >= 11 is 0. The van der Waals surface area contributed by atoms with E-state index >= 15 is 0 Å². The van der Waals surface area contributed by atoms with Crippen molar-refractivity contribution in [3.05, 3.63) is 24.5 Å². The Labute approximate surface area is 52.6 Å². The summed E-state index contributed by atoms with van der Waals surface area (Å²) in [6.45, 7) is 0. The summed E-state index contributed by atoms with van der Waals surface area (Å²) < 4.78 is 0. The van der Waals surface area contributed by atoms with Crippen LogP contribution in [0.3, 0.4) is 0 Å². The lowest BCUT2D eigenvalue weighted by atomic mass is 10.4. The van der Waals surface area contributed by atoms with Crippen molar-refractivity contribution in [1.29, 1.82) is 0 Å². The summed E-state index contributed by atoms with van der Waals surface area (Å²) in [5.41, 5.74) is 1.03. The van der Waals surface area contributed by atoms with Gasteiger partial charge in [0, 0.05) is 6.20 Å². The van der Waals surface area contributed by atoms with Crippen molar-refractivity contribution in [3.63, 3.8) is 0 Å². The second-order valence-electron chi connectivity index (χ2n) is 1.79. The zero-order valence-electron chi connectivity index (χ0n) is 4.73. The van der Waals surface area contributed by atoms with Gasteiger partial charge >= 0.3 is 0 Å². The van der Waals surface area contributed by atoms with Crippen LogP contribution in [0.4, 0.5) is 5.69 Å². The van der Waals surface area contributed by atoms with Crippen molar-refractivity contribution in [2.45, 2.75) is 0 Å². The van der Waals surface area contributed by atoms with Gasteiger partial charge in [-0.05, 0) is 12.1 Å². The molecular weight excluding hydrogens is 114 g/mol. The van der Waals surface area contributed by atoms with Crippen LogP contribution in [-0.4, -0.2) is 11.3 Å². The van der Waals surface area contributed by atoms with E-state index in [-0.39, 0.29) is 0 Å². The van der Waals surface area contributed by atoms with E-state index in [0.29, 0.717) is 0 Å². The van der Waals surface area contributed by atoms with Gasteiger partial charge in [-0.3, -0.25) is 4.98 Å². The fourth-order valence-electron chi connectivity index (χ4n) is 0.648. The third-order valence-corrected chi connectivity index (χ3v) is 1.14. The van der Waals surface area contributed by atoms with Crippen LogP contribution in [0.25, 0.3) is 0 Å². The molecule has 0 radical (unpaired) electrons. The Bertz CT molecular complexity index is 223. The molecule has 0 aromatic carbocycles. The predicted octanol–water partition coefficient (Wildman–Crippen LogP) is 0.845. The Morgan fingerprint density at radius 2 is 2.33 bits per heavy atom. The monoisotopic (exact) mass is 119 g/mol. The van der Waals surface area contributed by atoms with E-state index in [1.165, 1.54) is 0 Å². The second-order valence-corrected chi connectivity index (χ2v) is 1.79. The molecule has 0 aliphatic carbocycles. The number of hydrogen-bond donors (Lipinski definition) is 0. The van der Waals surface area contributed by atoms with Gasteiger partial charge in [0.05, 0.1) is 11.9 Å². The minimum atomic E-state index is 1.03. The van der Waals surface area contributed by atoms with E-state index in [1.807, 2.05) is 12.1 Å². The van der Waals surface area contributed by atoms with Gasteiger partial charge in [0.15, 0.2) is 0 Å². The predicted molar refractivity (Wildman–Crippen MR) is 35.2 cm³/mol. The first-order chi connectivity index (χ1) is 4.47. The largest absolute Gasteiger partial charge is 0.262 e. The standard InChI is InChI=1S/C6H5N3/c1-2-6(4-7-3-1)9-5-8-9/h1-5H. The normalized spacial score (nSPS) is 14.0. The first-order valence-electron chi connectivity index (χ1n) is 2.70. The quantitative estimate of drug-likeness (QED) is 0.548. The average Bonchev–Trinajstić information content (AvgIpc) is 2.71. The molecular formula is C6H5N3. The van der Waals surface area contributed by atoms with Crippen LogP contribution in [0.1, 0.15) is 0 Å². The molecule has 2 rings (SSSR count). The molecule has 0 unspecified atom stereocenters. The molecule has 9 heavy (non-hydrogen) atoms. The van der Waals surface area contributed by atoms with Crippen LogP contribution in [0.5, 0.6) is 0 Å². The molecule has 0 atom stereocenters. The summed E-state index contributed by atoms with van der Waals surface area (Å²) in [7, 11) is 0. The Hall–Kier alpha value is -1.38. The highest BCUT2D eigenvalue weighted by Gasteiger charge is 2.08. The highest BCUT2D eigenvalue weighted by molar-refractivity contribution is 5.89. The molecule has 1 aromatic rings. The van der Waals surface area contributed by atoms with Crippen molar-refractivity contribution in [1.82, 2.24) is 4.98 Å². The van der Waals surface area contributed by atoms with E-state index in [4.69, 9.17) is 0 Å². The van der Waals surface area contributed by atoms with Crippen LogP contribution in [-0.2, 0) is 0 Å². The van der Waals surface area contributed by atoms with Gasteiger partial charge in [0.2, 0.25) is 0 Å². The number of hydrogen-bond acceptors (Lipinski definition) is 3. The van der Waals surface area contributed by atoms with Gasteiger partial charge in [0.25, 0.3) is 0 Å². The number of aromatic nitrogens is 1. The molecule has 1 aliphatic heterocycles. The van der Waals surface area contributed by atoms with Crippen LogP contribution >= 0.6 is 0 Å². The highest BCUT2D eigenvalue weighted by Crippen LogP contribution is 2.15. The maximum Gasteiger partial charge on any atom is 0.138 e. The minimum Gasteiger partial charge on any atom is -0.262 e. The maximum absolute atomic E-state index is 3.92. The van der Waals surface area contributed by atoms with E-state index in [9.17, 15) is 0 Å². The first-order valence-corrected chi connectivity index (χ1v) is 2.70. The van der Waals surface area contributed by atoms with Crippen molar-refractivity contribution in [2.75, 3.05) is 5.01 Å². The summed E-state index contributed by atoms with van der Waals surface area (Å²) in [4.78, 5) is 3.92. The molecule has 3 heteroatoms. The zero-order chi connectivity index (χ0) is 6.10. The first kappa shape index (κ1) is 4.49. The molecule has 0 saturated carbocycles. The summed E-state index contributed by atoms with van der Waals surface area (Å²) in [5, 5.41) is 5.61. The van der Waals surface area contributed by atoms with Gasteiger partial charge in [0.1, 0.15) is 6.34 Å². The molecule has 2 heterocycles. The fourth-order valence-corrected chi connectivity index (χ4v) is 0.648. The van der Waals surface area contributed by atoms with E-state index in [1.54, 1.807) is 23.7 Å². The minimum absolute atomic E-state index is 1.03. The van der Waals surface area contributed by atoms with Crippen LogP contribution < -0.4 is 5.01 Å². The van der Waals surface area contributed by atoms with E-state index < -0.39 is 0 Å². The number of anilines is 1. The van der Waals surface area contributed by atoms with Crippen LogP contribution in [0, 0.1) is 0 Å².